The van der Waals surface area contributed by atoms with Crippen LogP contribution >= 0.6 is 0 Å². The Kier molecular flexibility index (Phi) is 5.23. The Balaban J connectivity index is 0.000000159. The van der Waals surface area contributed by atoms with E-state index < -0.39 is 5.97 Å². The van der Waals surface area contributed by atoms with Gasteiger partial charge in [-0.3, -0.25) is 9.63 Å². The quantitative estimate of drug-likeness (QED) is 0.483. The van der Waals surface area contributed by atoms with Crippen molar-refractivity contribution in [2.24, 2.45) is 0 Å². The number of amides is 1. The first-order valence-corrected chi connectivity index (χ1v) is 8.20. The lowest BCUT2D eigenvalue weighted by atomic mass is 10.1. The lowest BCUT2D eigenvalue weighted by molar-refractivity contribution is -0.0755. The average molecular weight is 365 g/mol. The lowest BCUT2D eigenvalue weighted by Crippen LogP contribution is -2.25. The van der Waals surface area contributed by atoms with Crippen LogP contribution in [0.5, 0.6) is 0 Å². The Labute approximate surface area is 155 Å². The fourth-order valence-electron chi connectivity index (χ4n) is 2.75. The molecule has 2 aromatic heterocycles. The lowest BCUT2D eigenvalue weighted by Gasteiger charge is -2.12. The first kappa shape index (κ1) is 18.2. The van der Waals surface area contributed by atoms with Gasteiger partial charge in [0.05, 0.1) is 18.2 Å². The van der Waals surface area contributed by atoms with Gasteiger partial charge in [0.15, 0.2) is 0 Å². The molecule has 0 bridgehead atoms. The maximum Gasteiger partial charge on any atom is 0.337 e. The minimum absolute atomic E-state index is 0.157. The summed E-state index contributed by atoms with van der Waals surface area (Å²) < 4.78 is 0. The zero-order valence-electron chi connectivity index (χ0n) is 14.9. The summed E-state index contributed by atoms with van der Waals surface area (Å²) in [6, 6.07) is 15.0. The number of hydrogen-bond donors (Lipinski definition) is 3. The number of rotatable bonds is 3. The molecule has 0 fully saturated rings. The SMILES string of the molecule is CON(C)C(=O)c1c[nH]c2ccccc12.O=C(O)c1c[nH]c2ccccc12. The predicted octanol–water partition coefficient (Wildman–Crippen LogP) is 3.67. The van der Waals surface area contributed by atoms with E-state index in [-0.39, 0.29) is 5.91 Å². The Morgan fingerprint density at radius 3 is 1.89 bits per heavy atom. The molecule has 2 heterocycles. The Morgan fingerprint density at radius 2 is 1.37 bits per heavy atom. The van der Waals surface area contributed by atoms with Crippen LogP contribution in [0.15, 0.2) is 60.9 Å². The number of hydrogen-bond acceptors (Lipinski definition) is 3. The number of H-pyrrole nitrogens is 2. The molecule has 7 nitrogen and oxygen atoms in total. The molecule has 0 aliphatic carbocycles. The number of para-hydroxylation sites is 2. The largest absolute Gasteiger partial charge is 0.478 e. The first-order valence-electron chi connectivity index (χ1n) is 8.20. The van der Waals surface area contributed by atoms with Crippen molar-refractivity contribution in [3.63, 3.8) is 0 Å². The van der Waals surface area contributed by atoms with Crippen molar-refractivity contribution < 1.29 is 19.5 Å². The number of aromatic amines is 2. The van der Waals surface area contributed by atoms with E-state index in [4.69, 9.17) is 9.94 Å². The monoisotopic (exact) mass is 365 g/mol. The minimum atomic E-state index is -0.896. The van der Waals surface area contributed by atoms with E-state index in [2.05, 4.69) is 9.97 Å². The second-order valence-corrected chi connectivity index (χ2v) is 5.79. The maximum absolute atomic E-state index is 11.8. The van der Waals surface area contributed by atoms with Crippen molar-refractivity contribution >= 4 is 33.7 Å². The van der Waals surface area contributed by atoms with Crippen LogP contribution in [0.1, 0.15) is 20.7 Å². The Morgan fingerprint density at radius 1 is 0.889 bits per heavy atom. The summed E-state index contributed by atoms with van der Waals surface area (Å²) in [5.41, 5.74) is 2.75. The molecule has 138 valence electrons. The zero-order chi connectivity index (χ0) is 19.4. The highest BCUT2D eigenvalue weighted by Crippen LogP contribution is 2.19. The zero-order valence-corrected chi connectivity index (χ0v) is 14.9. The van der Waals surface area contributed by atoms with Crippen molar-refractivity contribution in [1.29, 1.82) is 0 Å². The van der Waals surface area contributed by atoms with Gasteiger partial charge in [-0.1, -0.05) is 36.4 Å². The predicted molar refractivity (Wildman–Crippen MR) is 103 cm³/mol. The van der Waals surface area contributed by atoms with Crippen molar-refractivity contribution in [3.05, 3.63) is 72.1 Å². The van der Waals surface area contributed by atoms with Crippen molar-refractivity contribution in [3.8, 4) is 0 Å². The van der Waals surface area contributed by atoms with Crippen LogP contribution in [-0.4, -0.2) is 46.2 Å². The number of carboxylic acids is 1. The van der Waals surface area contributed by atoms with Crippen LogP contribution in [0.4, 0.5) is 0 Å². The van der Waals surface area contributed by atoms with Crippen molar-refractivity contribution in [1.82, 2.24) is 15.0 Å². The standard InChI is InChI=1S/C11H12N2O2.C9H7NO2/c1-13(15-2)11(14)9-7-12-10-6-4-3-5-8(9)10;11-9(12)7-5-10-8-4-2-1-3-6(7)8/h3-7,12H,1-2H3;1-5,10H,(H,11,12). The van der Waals surface area contributed by atoms with Crippen LogP contribution in [0.3, 0.4) is 0 Å². The number of benzene rings is 2. The molecule has 0 atom stereocenters. The molecule has 3 N–H and O–H groups in total. The van der Waals surface area contributed by atoms with Crippen LogP contribution in [0.2, 0.25) is 0 Å². The van der Waals surface area contributed by atoms with Crippen LogP contribution in [0.25, 0.3) is 21.8 Å². The third-order valence-corrected chi connectivity index (χ3v) is 4.20. The van der Waals surface area contributed by atoms with E-state index in [1.807, 2.05) is 42.5 Å². The molecule has 1 amide bonds. The molecule has 0 unspecified atom stereocenters. The van der Waals surface area contributed by atoms with Gasteiger partial charge in [-0.25, -0.2) is 9.86 Å². The summed E-state index contributed by atoms with van der Waals surface area (Å²) >= 11 is 0. The number of nitrogens with one attached hydrogen (secondary N) is 2. The maximum atomic E-state index is 11.8. The molecular weight excluding hydrogens is 346 g/mol. The van der Waals surface area contributed by atoms with E-state index in [0.29, 0.717) is 11.1 Å². The van der Waals surface area contributed by atoms with Gasteiger partial charge in [-0.15, -0.1) is 0 Å². The normalized spacial score (nSPS) is 10.4. The van der Waals surface area contributed by atoms with Crippen molar-refractivity contribution in [2.75, 3.05) is 14.2 Å². The molecule has 27 heavy (non-hydrogen) atoms. The third-order valence-electron chi connectivity index (χ3n) is 4.20. The van der Waals surface area contributed by atoms with Crippen LogP contribution < -0.4 is 0 Å². The fraction of sp³-hybridized carbons (Fsp3) is 0.100. The highest BCUT2D eigenvalue weighted by molar-refractivity contribution is 6.06. The van der Waals surface area contributed by atoms with Crippen LogP contribution in [0, 0.1) is 0 Å². The molecule has 0 spiro atoms. The molecule has 0 aliphatic heterocycles. The second kappa shape index (κ2) is 7.76. The highest BCUT2D eigenvalue weighted by atomic mass is 16.7. The van der Waals surface area contributed by atoms with E-state index in [1.165, 1.54) is 18.4 Å². The van der Waals surface area contributed by atoms with E-state index in [0.717, 1.165) is 21.8 Å². The van der Waals surface area contributed by atoms with Gasteiger partial charge < -0.3 is 15.1 Å². The highest BCUT2D eigenvalue weighted by Gasteiger charge is 2.15. The molecule has 0 aliphatic rings. The molecule has 0 radical (unpaired) electrons. The average Bonchev–Trinajstić information content (AvgIpc) is 3.31. The molecule has 0 saturated heterocycles. The van der Waals surface area contributed by atoms with Gasteiger partial charge in [0, 0.05) is 41.2 Å². The smallest absolute Gasteiger partial charge is 0.337 e. The van der Waals surface area contributed by atoms with E-state index in [1.54, 1.807) is 19.3 Å². The van der Waals surface area contributed by atoms with Gasteiger partial charge in [0.1, 0.15) is 0 Å². The summed E-state index contributed by atoms with van der Waals surface area (Å²) in [6.45, 7) is 0. The van der Waals surface area contributed by atoms with Gasteiger partial charge in [0.2, 0.25) is 0 Å². The fourth-order valence-corrected chi connectivity index (χ4v) is 2.75. The number of hydroxylamine groups is 2. The third kappa shape index (κ3) is 3.68. The number of nitrogens with zero attached hydrogens (tertiary/aromatic N) is 1. The molecule has 2 aromatic carbocycles. The summed E-state index contributed by atoms with van der Waals surface area (Å²) in [7, 11) is 3.05. The summed E-state index contributed by atoms with van der Waals surface area (Å²) in [5, 5.41) is 11.6. The topological polar surface area (TPSA) is 98.4 Å². The second-order valence-electron chi connectivity index (χ2n) is 5.79. The summed E-state index contributed by atoms with van der Waals surface area (Å²) in [6.07, 6.45) is 3.20. The number of aromatic carboxylic acids is 1. The molecular formula is C20H19N3O4. The molecule has 4 aromatic rings. The van der Waals surface area contributed by atoms with Gasteiger partial charge in [-0.05, 0) is 12.1 Å². The van der Waals surface area contributed by atoms with E-state index >= 15 is 0 Å². The van der Waals surface area contributed by atoms with Crippen LogP contribution in [-0.2, 0) is 4.84 Å². The summed E-state index contributed by atoms with van der Waals surface area (Å²) in [5.74, 6) is -1.05. The van der Waals surface area contributed by atoms with Gasteiger partial charge in [0.25, 0.3) is 5.91 Å². The Hall–Kier alpha value is -3.58. The number of carbonyl (C=O) groups excluding carboxylic acids is 1. The first-order chi connectivity index (χ1) is 13.0. The molecule has 7 heteroatoms. The number of carbonyl (C=O) groups is 2. The summed E-state index contributed by atoms with van der Waals surface area (Å²) in [4.78, 5) is 33.3. The molecule has 0 saturated carbocycles. The minimum Gasteiger partial charge on any atom is -0.478 e. The molecule has 4 rings (SSSR count). The number of aromatic nitrogens is 2. The Bertz CT molecular complexity index is 1100. The van der Waals surface area contributed by atoms with Gasteiger partial charge >= 0.3 is 5.97 Å². The van der Waals surface area contributed by atoms with Gasteiger partial charge in [-0.2, -0.15) is 0 Å². The number of carboxylic acid groups (broad SMARTS) is 1. The number of fused-ring (bicyclic) bond motifs is 2. The van der Waals surface area contributed by atoms with E-state index in [9.17, 15) is 9.59 Å². The van der Waals surface area contributed by atoms with Crippen molar-refractivity contribution in [2.45, 2.75) is 0 Å².